The zero-order valence-corrected chi connectivity index (χ0v) is 20.7. The molecule has 4 atom stereocenters. The van der Waals surface area contributed by atoms with E-state index < -0.39 is 17.6 Å². The molecule has 1 aromatic carbocycles. The third-order valence-corrected chi connectivity index (χ3v) is 7.17. The number of rotatable bonds is 3. The van der Waals surface area contributed by atoms with Crippen molar-refractivity contribution in [3.63, 3.8) is 0 Å². The number of aromatic nitrogens is 3. The van der Waals surface area contributed by atoms with Gasteiger partial charge < -0.3 is 19.3 Å². The number of hydrogen-bond donors (Lipinski definition) is 1. The van der Waals surface area contributed by atoms with Gasteiger partial charge in [0.1, 0.15) is 29.6 Å². The highest BCUT2D eigenvalue weighted by molar-refractivity contribution is 5.78. The quantitative estimate of drug-likeness (QED) is 0.466. The maximum absolute atomic E-state index is 15.1. The molecule has 8 heteroatoms. The van der Waals surface area contributed by atoms with Crippen LogP contribution in [-0.2, 0) is 0 Å². The number of fused-ring (bicyclic) bond motifs is 2. The van der Waals surface area contributed by atoms with E-state index in [4.69, 9.17) is 4.74 Å². The Kier molecular flexibility index (Phi) is 5.57. The number of amides is 1. The number of ether oxygens (including phenoxy) is 1. The fourth-order valence-corrected chi connectivity index (χ4v) is 5.68. The molecule has 1 N–H and O–H groups in total. The van der Waals surface area contributed by atoms with Crippen LogP contribution in [0.25, 0.3) is 11.0 Å². The molecule has 3 aromatic rings. The van der Waals surface area contributed by atoms with E-state index in [1.54, 1.807) is 12.4 Å². The lowest BCUT2D eigenvalue weighted by Crippen LogP contribution is -2.46. The lowest BCUT2D eigenvalue weighted by atomic mass is 9.74. The van der Waals surface area contributed by atoms with Crippen molar-refractivity contribution in [2.24, 2.45) is 5.41 Å². The van der Waals surface area contributed by atoms with Gasteiger partial charge in [0.25, 0.3) is 0 Å². The molecule has 0 bridgehead atoms. The lowest BCUT2D eigenvalue weighted by Gasteiger charge is -2.45. The molecule has 184 valence electrons. The van der Waals surface area contributed by atoms with Crippen LogP contribution in [0.5, 0.6) is 5.75 Å². The summed E-state index contributed by atoms with van der Waals surface area (Å²) in [4.78, 5) is 22.4. The number of aryl methyl sites for hydroxylation is 1. The summed E-state index contributed by atoms with van der Waals surface area (Å²) in [6, 6.07) is 4.66. The van der Waals surface area contributed by atoms with E-state index >= 15 is 4.39 Å². The van der Waals surface area contributed by atoms with Crippen molar-refractivity contribution in [1.29, 1.82) is 0 Å². The third-order valence-electron chi connectivity index (χ3n) is 7.17. The van der Waals surface area contributed by atoms with Crippen LogP contribution in [0.3, 0.4) is 0 Å². The fraction of sp³-hybridized carbons (Fsp3) is 0.444. The predicted molar refractivity (Wildman–Crippen MR) is 131 cm³/mol. The molecular weight excluding hydrogens is 447 g/mol. The first-order chi connectivity index (χ1) is 16.6. The van der Waals surface area contributed by atoms with Crippen LogP contribution >= 0.6 is 0 Å². The highest BCUT2D eigenvalue weighted by atomic mass is 19.1. The van der Waals surface area contributed by atoms with Crippen LogP contribution in [0.15, 0.2) is 42.9 Å². The number of halogens is 1. The molecular formula is C27H31FN4O3. The summed E-state index contributed by atoms with van der Waals surface area (Å²) in [6.45, 7) is 10.0. The minimum absolute atomic E-state index is 0.0657. The van der Waals surface area contributed by atoms with Crippen molar-refractivity contribution in [2.75, 3.05) is 6.54 Å². The monoisotopic (exact) mass is 478 g/mol. The van der Waals surface area contributed by atoms with E-state index in [0.29, 0.717) is 23.3 Å². The van der Waals surface area contributed by atoms with Gasteiger partial charge in [0.15, 0.2) is 0 Å². The molecule has 3 heterocycles. The average molecular weight is 479 g/mol. The Balaban J connectivity index is 1.48. The topological polar surface area (TPSA) is 80.5 Å². The highest BCUT2D eigenvalue weighted by Crippen LogP contribution is 2.50. The SMILES string of the molecule is Cc1ncnc2c1ccn2[C@H]1C=C[C@@H](Oc2ccc(F)c3c2C(C(C)(C)C)N(C(=O)O)CC3C)C1. The van der Waals surface area contributed by atoms with Gasteiger partial charge in [0.05, 0.1) is 17.8 Å². The van der Waals surface area contributed by atoms with Crippen LogP contribution < -0.4 is 4.74 Å². The first-order valence-electron chi connectivity index (χ1n) is 12.0. The average Bonchev–Trinajstić information content (AvgIpc) is 3.41. The fourth-order valence-electron chi connectivity index (χ4n) is 5.68. The molecule has 2 unspecified atom stereocenters. The summed E-state index contributed by atoms with van der Waals surface area (Å²) >= 11 is 0. The second kappa shape index (κ2) is 8.36. The van der Waals surface area contributed by atoms with Crippen molar-refractivity contribution < 1.29 is 19.0 Å². The normalized spacial score (nSPS) is 24.1. The van der Waals surface area contributed by atoms with Crippen LogP contribution in [0.4, 0.5) is 9.18 Å². The van der Waals surface area contributed by atoms with E-state index in [-0.39, 0.29) is 30.4 Å². The number of hydrogen-bond acceptors (Lipinski definition) is 4. The summed E-state index contributed by atoms with van der Waals surface area (Å²) in [5.74, 6) is -0.0397. The van der Waals surface area contributed by atoms with Crippen molar-refractivity contribution >= 4 is 17.1 Å². The van der Waals surface area contributed by atoms with Gasteiger partial charge in [-0.3, -0.25) is 0 Å². The van der Waals surface area contributed by atoms with Gasteiger partial charge in [-0.15, -0.1) is 0 Å². The van der Waals surface area contributed by atoms with Gasteiger partial charge in [0, 0.05) is 41.6 Å². The maximum atomic E-state index is 15.1. The van der Waals surface area contributed by atoms with Crippen molar-refractivity contribution in [2.45, 2.75) is 65.1 Å². The summed E-state index contributed by atoms with van der Waals surface area (Å²) < 4.78 is 23.7. The molecule has 0 saturated heterocycles. The number of allylic oxidation sites excluding steroid dienone is 1. The Morgan fingerprint density at radius 2 is 1.94 bits per heavy atom. The molecule has 0 radical (unpaired) electrons. The van der Waals surface area contributed by atoms with Crippen LogP contribution in [0.2, 0.25) is 0 Å². The first-order valence-corrected chi connectivity index (χ1v) is 12.0. The summed E-state index contributed by atoms with van der Waals surface area (Å²) in [6.07, 6.45) is 7.18. The van der Waals surface area contributed by atoms with E-state index in [0.717, 1.165) is 16.7 Å². The molecule has 0 spiro atoms. The van der Waals surface area contributed by atoms with Gasteiger partial charge in [-0.2, -0.15) is 0 Å². The second-order valence-electron chi connectivity index (χ2n) is 10.7. The Bertz CT molecular complexity index is 1330. The molecule has 1 amide bonds. The Hall–Kier alpha value is -3.42. The molecule has 1 aliphatic heterocycles. The highest BCUT2D eigenvalue weighted by Gasteiger charge is 2.44. The minimum atomic E-state index is -1.00. The van der Waals surface area contributed by atoms with E-state index in [9.17, 15) is 9.90 Å². The maximum Gasteiger partial charge on any atom is 0.407 e. The van der Waals surface area contributed by atoms with Gasteiger partial charge in [0.2, 0.25) is 0 Å². The standard InChI is InChI=1S/C27H31FN4O3/c1-15-13-32(26(33)34)24(27(3,4)5)23-21(9-8-20(28)22(15)23)35-18-7-6-17(12-18)31-11-10-19-16(2)29-14-30-25(19)31/h6-11,14-15,17-18,24H,12-13H2,1-5H3,(H,33,34)/t15?,17-,18+,24?/m0/s1. The van der Waals surface area contributed by atoms with Gasteiger partial charge >= 0.3 is 6.09 Å². The molecule has 5 rings (SSSR count). The van der Waals surface area contributed by atoms with E-state index in [2.05, 4.69) is 20.6 Å². The zero-order chi connectivity index (χ0) is 25.1. The summed E-state index contributed by atoms with van der Waals surface area (Å²) in [5.41, 5.74) is 2.57. The Labute approximate surface area is 204 Å². The summed E-state index contributed by atoms with van der Waals surface area (Å²) in [5, 5.41) is 11.0. The predicted octanol–water partition coefficient (Wildman–Crippen LogP) is 6.01. The number of benzene rings is 1. The molecule has 2 aliphatic rings. The van der Waals surface area contributed by atoms with Gasteiger partial charge in [-0.1, -0.05) is 33.8 Å². The van der Waals surface area contributed by atoms with Crippen LogP contribution in [0.1, 0.15) is 68.9 Å². The molecule has 0 fully saturated rings. The smallest absolute Gasteiger partial charge is 0.407 e. The van der Waals surface area contributed by atoms with E-state index in [1.165, 1.54) is 11.0 Å². The summed E-state index contributed by atoms with van der Waals surface area (Å²) in [7, 11) is 0. The van der Waals surface area contributed by atoms with E-state index in [1.807, 2.05) is 53.0 Å². The molecule has 7 nitrogen and oxygen atoms in total. The number of carbonyl (C=O) groups is 1. The lowest BCUT2D eigenvalue weighted by molar-refractivity contribution is 0.0667. The molecule has 0 saturated carbocycles. The van der Waals surface area contributed by atoms with Crippen LogP contribution in [-0.4, -0.2) is 43.3 Å². The van der Waals surface area contributed by atoms with Gasteiger partial charge in [-0.05, 0) is 36.6 Å². The van der Waals surface area contributed by atoms with Gasteiger partial charge in [-0.25, -0.2) is 19.2 Å². The Morgan fingerprint density at radius 1 is 1.17 bits per heavy atom. The zero-order valence-electron chi connectivity index (χ0n) is 20.7. The number of carboxylic acid groups (broad SMARTS) is 1. The Morgan fingerprint density at radius 3 is 2.66 bits per heavy atom. The van der Waals surface area contributed by atoms with Crippen LogP contribution in [0, 0.1) is 18.2 Å². The molecule has 35 heavy (non-hydrogen) atoms. The number of nitrogens with zero attached hydrogens (tertiary/aromatic N) is 4. The van der Waals surface area contributed by atoms with Crippen molar-refractivity contribution in [3.8, 4) is 5.75 Å². The second-order valence-corrected chi connectivity index (χ2v) is 10.7. The molecule has 1 aliphatic carbocycles. The first kappa shape index (κ1) is 23.3. The van der Waals surface area contributed by atoms with Crippen molar-refractivity contribution in [1.82, 2.24) is 19.4 Å². The molecule has 2 aromatic heterocycles. The minimum Gasteiger partial charge on any atom is -0.486 e. The largest absolute Gasteiger partial charge is 0.486 e. The van der Waals surface area contributed by atoms with Crippen molar-refractivity contribution in [3.05, 3.63) is 65.5 Å². The third kappa shape index (κ3) is 3.94.